The van der Waals surface area contributed by atoms with Crippen LogP contribution in [0.3, 0.4) is 0 Å². The summed E-state index contributed by atoms with van der Waals surface area (Å²) >= 11 is 0. The second-order valence-corrected chi connectivity index (χ2v) is 6.95. The number of benzene rings is 1. The molecule has 134 valence electrons. The minimum atomic E-state index is 0. The molecule has 4 nitrogen and oxygen atoms in total. The molecule has 1 aromatic rings. The van der Waals surface area contributed by atoms with Crippen molar-refractivity contribution in [3.8, 4) is 5.75 Å². The van der Waals surface area contributed by atoms with Gasteiger partial charge in [0.25, 0.3) is 0 Å². The molecule has 3 rings (SSSR count). The Morgan fingerprint density at radius 2 is 2.00 bits per heavy atom. The van der Waals surface area contributed by atoms with Crippen molar-refractivity contribution in [3.05, 3.63) is 29.8 Å². The van der Waals surface area contributed by atoms with Crippen molar-refractivity contribution in [1.29, 1.82) is 0 Å². The maximum absolute atomic E-state index is 5.19. The van der Waals surface area contributed by atoms with Crippen LogP contribution in [-0.2, 0) is 6.42 Å². The van der Waals surface area contributed by atoms with Gasteiger partial charge in [0, 0.05) is 26.7 Å². The molecule has 0 amide bonds. The van der Waals surface area contributed by atoms with E-state index in [1.54, 1.807) is 7.11 Å². The van der Waals surface area contributed by atoms with Crippen molar-refractivity contribution in [2.45, 2.75) is 38.5 Å². The lowest BCUT2D eigenvalue weighted by molar-refractivity contribution is 0.151. The van der Waals surface area contributed by atoms with Gasteiger partial charge in [-0.05, 0) is 55.2 Å². The number of halogens is 1. The molecule has 1 spiro atoms. The van der Waals surface area contributed by atoms with Gasteiger partial charge in [-0.25, -0.2) is 0 Å². The van der Waals surface area contributed by atoms with Crippen LogP contribution in [0.4, 0.5) is 0 Å². The van der Waals surface area contributed by atoms with Crippen LogP contribution in [0.1, 0.15) is 37.7 Å². The number of likely N-dealkylation sites (tertiary alicyclic amines) is 1. The summed E-state index contributed by atoms with van der Waals surface area (Å²) in [6, 6.07) is 8.36. The molecule has 24 heavy (non-hydrogen) atoms. The van der Waals surface area contributed by atoms with Gasteiger partial charge in [-0.3, -0.25) is 4.99 Å². The number of methoxy groups -OCH3 is 1. The largest absolute Gasteiger partial charge is 0.497 e. The molecule has 1 saturated heterocycles. The molecular formula is C19H30IN3O. The highest BCUT2D eigenvalue weighted by Crippen LogP contribution is 2.47. The van der Waals surface area contributed by atoms with Crippen molar-refractivity contribution in [3.63, 3.8) is 0 Å². The van der Waals surface area contributed by atoms with Crippen LogP contribution in [-0.4, -0.2) is 44.7 Å². The highest BCUT2D eigenvalue weighted by molar-refractivity contribution is 14.0. The van der Waals surface area contributed by atoms with E-state index in [0.29, 0.717) is 5.41 Å². The van der Waals surface area contributed by atoms with Gasteiger partial charge in [-0.2, -0.15) is 0 Å². The summed E-state index contributed by atoms with van der Waals surface area (Å²) in [6.45, 7) is 3.34. The first kappa shape index (κ1) is 19.3. The van der Waals surface area contributed by atoms with E-state index in [9.17, 15) is 0 Å². The Bertz CT molecular complexity index is 540. The van der Waals surface area contributed by atoms with Gasteiger partial charge in [-0.1, -0.05) is 18.6 Å². The molecule has 0 bridgehead atoms. The number of aliphatic imine (C=N–C) groups is 1. The summed E-state index contributed by atoms with van der Waals surface area (Å²) in [4.78, 5) is 6.93. The molecule has 1 aliphatic heterocycles. The quantitative estimate of drug-likeness (QED) is 0.327. The monoisotopic (exact) mass is 443 g/mol. The Morgan fingerprint density at radius 3 is 2.54 bits per heavy atom. The first-order chi connectivity index (χ1) is 11.2. The molecule has 1 aromatic carbocycles. The molecular weight excluding hydrogens is 413 g/mol. The van der Waals surface area contributed by atoms with Gasteiger partial charge in [0.1, 0.15) is 5.75 Å². The van der Waals surface area contributed by atoms with E-state index in [1.807, 2.05) is 19.2 Å². The van der Waals surface area contributed by atoms with E-state index in [0.717, 1.165) is 37.6 Å². The van der Waals surface area contributed by atoms with Gasteiger partial charge in [-0.15, -0.1) is 24.0 Å². The molecule has 0 radical (unpaired) electrons. The van der Waals surface area contributed by atoms with Crippen molar-refractivity contribution in [1.82, 2.24) is 10.2 Å². The summed E-state index contributed by atoms with van der Waals surface area (Å²) in [7, 11) is 3.61. The molecule has 0 aromatic heterocycles. The van der Waals surface area contributed by atoms with Crippen LogP contribution in [0.5, 0.6) is 5.75 Å². The average Bonchev–Trinajstić information content (AvgIpc) is 3.01. The highest BCUT2D eigenvalue weighted by Gasteiger charge is 2.43. The number of guanidine groups is 1. The Balaban J connectivity index is 0.00000208. The summed E-state index contributed by atoms with van der Waals surface area (Å²) < 4.78 is 5.19. The second-order valence-electron chi connectivity index (χ2n) is 6.95. The van der Waals surface area contributed by atoms with Crippen LogP contribution in [0, 0.1) is 5.41 Å². The van der Waals surface area contributed by atoms with E-state index in [4.69, 9.17) is 4.74 Å². The minimum absolute atomic E-state index is 0. The van der Waals surface area contributed by atoms with Crippen molar-refractivity contribution in [2.75, 3.05) is 33.8 Å². The Labute approximate surface area is 163 Å². The third-order valence-corrected chi connectivity index (χ3v) is 5.45. The Morgan fingerprint density at radius 1 is 1.25 bits per heavy atom. The fourth-order valence-corrected chi connectivity index (χ4v) is 3.82. The molecule has 1 aliphatic carbocycles. The van der Waals surface area contributed by atoms with E-state index < -0.39 is 0 Å². The van der Waals surface area contributed by atoms with E-state index >= 15 is 0 Å². The highest BCUT2D eigenvalue weighted by atomic mass is 127. The maximum Gasteiger partial charge on any atom is 0.193 e. The molecule has 2 aliphatic rings. The second kappa shape index (κ2) is 8.92. The minimum Gasteiger partial charge on any atom is -0.497 e. The zero-order valence-electron chi connectivity index (χ0n) is 14.9. The third kappa shape index (κ3) is 4.55. The van der Waals surface area contributed by atoms with Gasteiger partial charge in [0.15, 0.2) is 5.96 Å². The molecule has 0 unspecified atom stereocenters. The predicted octanol–water partition coefficient (Wildman–Crippen LogP) is 3.70. The number of hydrogen-bond donors (Lipinski definition) is 1. The standard InChI is InChI=1S/C19H29N3O.HI/c1-20-18(22-14-12-19(15-22)10-4-11-19)21-13-3-5-16-6-8-17(23-2)9-7-16;/h6-9H,3-5,10-15H2,1-2H3,(H,20,21);1H. The van der Waals surface area contributed by atoms with Crippen molar-refractivity contribution < 1.29 is 4.74 Å². The molecule has 2 fully saturated rings. The lowest BCUT2D eigenvalue weighted by Gasteiger charge is -2.38. The predicted molar refractivity (Wildman–Crippen MR) is 111 cm³/mol. The van der Waals surface area contributed by atoms with E-state index in [2.05, 4.69) is 27.3 Å². The third-order valence-electron chi connectivity index (χ3n) is 5.45. The van der Waals surface area contributed by atoms with E-state index in [-0.39, 0.29) is 24.0 Å². The smallest absolute Gasteiger partial charge is 0.193 e. The molecule has 0 atom stereocenters. The van der Waals surface area contributed by atoms with Gasteiger partial charge in [0.2, 0.25) is 0 Å². The fourth-order valence-electron chi connectivity index (χ4n) is 3.82. The molecule has 1 N–H and O–H groups in total. The van der Waals surface area contributed by atoms with Gasteiger partial charge < -0.3 is 15.0 Å². The van der Waals surface area contributed by atoms with Gasteiger partial charge >= 0.3 is 0 Å². The number of ether oxygens (including phenoxy) is 1. The van der Waals surface area contributed by atoms with Crippen LogP contribution in [0.25, 0.3) is 0 Å². The summed E-state index contributed by atoms with van der Waals surface area (Å²) in [5, 5.41) is 3.54. The molecule has 1 saturated carbocycles. The molecule has 1 heterocycles. The zero-order valence-corrected chi connectivity index (χ0v) is 17.2. The van der Waals surface area contributed by atoms with Crippen LogP contribution < -0.4 is 10.1 Å². The lowest BCUT2D eigenvalue weighted by Crippen LogP contribution is -2.42. The Kier molecular flexibility index (Phi) is 7.19. The summed E-state index contributed by atoms with van der Waals surface area (Å²) in [5.41, 5.74) is 1.98. The number of nitrogens with zero attached hydrogens (tertiary/aromatic N) is 2. The van der Waals surface area contributed by atoms with E-state index in [1.165, 1.54) is 37.8 Å². The SMILES string of the molecule is CN=C(NCCCc1ccc(OC)cc1)N1CCC2(CCC2)C1.I. The normalized spacial score (nSPS) is 18.9. The summed E-state index contributed by atoms with van der Waals surface area (Å²) in [6.07, 6.45) is 7.79. The lowest BCUT2D eigenvalue weighted by atomic mass is 9.68. The van der Waals surface area contributed by atoms with Crippen LogP contribution >= 0.6 is 24.0 Å². The number of aryl methyl sites for hydroxylation is 1. The van der Waals surface area contributed by atoms with Gasteiger partial charge in [0.05, 0.1) is 7.11 Å². The number of rotatable bonds is 5. The first-order valence-electron chi connectivity index (χ1n) is 8.83. The first-order valence-corrected chi connectivity index (χ1v) is 8.83. The van der Waals surface area contributed by atoms with Crippen LogP contribution in [0.2, 0.25) is 0 Å². The maximum atomic E-state index is 5.19. The summed E-state index contributed by atoms with van der Waals surface area (Å²) in [5.74, 6) is 2.01. The number of nitrogens with one attached hydrogen (secondary N) is 1. The van der Waals surface area contributed by atoms with Crippen molar-refractivity contribution >= 4 is 29.9 Å². The average molecular weight is 443 g/mol. The number of hydrogen-bond acceptors (Lipinski definition) is 2. The zero-order chi connectivity index (χ0) is 16.1. The van der Waals surface area contributed by atoms with Crippen LogP contribution in [0.15, 0.2) is 29.3 Å². The van der Waals surface area contributed by atoms with Crippen molar-refractivity contribution in [2.24, 2.45) is 10.4 Å². The fraction of sp³-hybridized carbons (Fsp3) is 0.632. The Hall–Kier alpha value is -0.980. The topological polar surface area (TPSA) is 36.9 Å². The molecule has 5 heteroatoms.